The van der Waals surface area contributed by atoms with Crippen LogP contribution in [0, 0.1) is 10.1 Å². The molecule has 2 rings (SSSR count). The molecule has 0 atom stereocenters. The lowest BCUT2D eigenvalue weighted by molar-refractivity contribution is -0.384. The van der Waals surface area contributed by atoms with Gasteiger partial charge in [0.15, 0.2) is 0 Å². The summed E-state index contributed by atoms with van der Waals surface area (Å²) >= 11 is 10.6. The summed E-state index contributed by atoms with van der Waals surface area (Å²) in [5.41, 5.74) is 0.0460. The van der Waals surface area contributed by atoms with Gasteiger partial charge in [-0.25, -0.2) is 0 Å². The molecule has 1 aromatic heterocycles. The summed E-state index contributed by atoms with van der Waals surface area (Å²) in [5.74, 6) is 0. The number of non-ortho nitro benzene ring substituents is 1. The number of fused-ring (bicyclic) bond motifs is 1. The number of halogens is 2. The highest BCUT2D eigenvalue weighted by atomic mass is 79.9. The maximum atomic E-state index is 10.6. The molecule has 0 bridgehead atoms. The van der Waals surface area contributed by atoms with E-state index in [1.807, 2.05) is 0 Å². The molecule has 0 fully saturated rings. The van der Waals surface area contributed by atoms with Gasteiger partial charge < -0.3 is 0 Å². The second-order valence-electron chi connectivity index (χ2n) is 2.65. The van der Waals surface area contributed by atoms with Crippen molar-refractivity contribution in [2.75, 3.05) is 0 Å². The summed E-state index contributed by atoms with van der Waals surface area (Å²) in [6, 6.07) is 2.97. The maximum absolute atomic E-state index is 10.6. The van der Waals surface area contributed by atoms with Crippen molar-refractivity contribution in [1.82, 2.24) is 0 Å². The second kappa shape index (κ2) is 3.49. The van der Waals surface area contributed by atoms with E-state index in [0.29, 0.717) is 9.50 Å². The zero-order valence-electron chi connectivity index (χ0n) is 6.66. The van der Waals surface area contributed by atoms with Gasteiger partial charge >= 0.3 is 0 Å². The Morgan fingerprint density at radius 2 is 2.21 bits per heavy atom. The fraction of sp³-hybridized carbons (Fsp3) is 0. The first-order valence-electron chi connectivity index (χ1n) is 3.60. The SMILES string of the molecule is O=[N+]([O-])c1cc(Br)c2scc(Cl)c2c1. The standard InChI is InChI=1S/C8H3BrClNO2S/c9-6-2-4(11(12)13)1-5-7(10)3-14-8(5)6/h1-3H. The average Bonchev–Trinajstić information content (AvgIpc) is 2.48. The van der Waals surface area contributed by atoms with Gasteiger partial charge in [0, 0.05) is 27.4 Å². The fourth-order valence-electron chi connectivity index (χ4n) is 1.16. The van der Waals surface area contributed by atoms with E-state index in [4.69, 9.17) is 11.6 Å². The van der Waals surface area contributed by atoms with Crippen molar-refractivity contribution in [1.29, 1.82) is 0 Å². The van der Waals surface area contributed by atoms with Gasteiger partial charge in [-0.1, -0.05) is 11.6 Å². The van der Waals surface area contributed by atoms with Gasteiger partial charge in [0.2, 0.25) is 0 Å². The van der Waals surface area contributed by atoms with Crippen molar-refractivity contribution < 1.29 is 4.92 Å². The molecule has 14 heavy (non-hydrogen) atoms. The lowest BCUT2D eigenvalue weighted by atomic mass is 10.2. The molecular formula is C8H3BrClNO2S. The van der Waals surface area contributed by atoms with E-state index < -0.39 is 4.92 Å². The highest BCUT2D eigenvalue weighted by Crippen LogP contribution is 2.37. The number of hydrogen-bond donors (Lipinski definition) is 0. The Morgan fingerprint density at radius 1 is 1.50 bits per heavy atom. The van der Waals surface area contributed by atoms with Gasteiger partial charge in [0.25, 0.3) is 5.69 Å². The molecule has 0 saturated heterocycles. The van der Waals surface area contributed by atoms with Crippen molar-refractivity contribution in [2.45, 2.75) is 0 Å². The smallest absolute Gasteiger partial charge is 0.258 e. The van der Waals surface area contributed by atoms with Crippen LogP contribution in [0.25, 0.3) is 10.1 Å². The van der Waals surface area contributed by atoms with Crippen LogP contribution in [-0.4, -0.2) is 4.92 Å². The minimum atomic E-state index is -0.432. The van der Waals surface area contributed by atoms with Crippen LogP contribution in [0.1, 0.15) is 0 Å². The lowest BCUT2D eigenvalue weighted by Gasteiger charge is -1.95. The predicted molar refractivity (Wildman–Crippen MR) is 61.2 cm³/mol. The molecule has 3 nitrogen and oxygen atoms in total. The van der Waals surface area contributed by atoms with E-state index in [0.717, 1.165) is 10.1 Å². The largest absolute Gasteiger partial charge is 0.271 e. The molecule has 0 aliphatic carbocycles. The molecule has 0 amide bonds. The Morgan fingerprint density at radius 3 is 2.86 bits per heavy atom. The van der Waals surface area contributed by atoms with Gasteiger partial charge in [0.05, 0.1) is 14.6 Å². The number of hydrogen-bond acceptors (Lipinski definition) is 3. The zero-order chi connectivity index (χ0) is 10.3. The number of nitrogens with zero attached hydrogens (tertiary/aromatic N) is 1. The maximum Gasteiger partial charge on any atom is 0.271 e. The topological polar surface area (TPSA) is 43.1 Å². The number of benzene rings is 1. The Labute approximate surface area is 96.6 Å². The molecule has 0 aliphatic heterocycles. The van der Waals surface area contributed by atoms with Crippen molar-refractivity contribution in [2.24, 2.45) is 0 Å². The van der Waals surface area contributed by atoms with E-state index in [-0.39, 0.29) is 5.69 Å². The van der Waals surface area contributed by atoms with E-state index in [9.17, 15) is 10.1 Å². The van der Waals surface area contributed by atoms with Gasteiger partial charge in [0.1, 0.15) is 0 Å². The Kier molecular flexibility index (Phi) is 2.47. The quantitative estimate of drug-likeness (QED) is 0.583. The van der Waals surface area contributed by atoms with Crippen LogP contribution in [0.3, 0.4) is 0 Å². The highest BCUT2D eigenvalue weighted by molar-refractivity contribution is 9.10. The monoisotopic (exact) mass is 291 g/mol. The summed E-state index contributed by atoms with van der Waals surface area (Å²) in [5, 5.41) is 13.6. The van der Waals surface area contributed by atoms with Crippen molar-refractivity contribution in [3.05, 3.63) is 37.1 Å². The first kappa shape index (κ1) is 9.89. The molecule has 1 heterocycles. The minimum Gasteiger partial charge on any atom is -0.258 e. The van der Waals surface area contributed by atoms with Crippen LogP contribution in [-0.2, 0) is 0 Å². The molecule has 0 N–H and O–H groups in total. The molecule has 0 radical (unpaired) electrons. The van der Waals surface area contributed by atoms with E-state index in [2.05, 4.69) is 15.9 Å². The summed E-state index contributed by atoms with van der Waals surface area (Å²) < 4.78 is 1.64. The lowest BCUT2D eigenvalue weighted by Crippen LogP contribution is -1.87. The van der Waals surface area contributed by atoms with Crippen molar-refractivity contribution >= 4 is 54.6 Å². The van der Waals surface area contributed by atoms with E-state index in [1.54, 1.807) is 5.38 Å². The van der Waals surface area contributed by atoms with Gasteiger partial charge in [-0.3, -0.25) is 10.1 Å². The number of nitro benzene ring substituents is 1. The normalized spacial score (nSPS) is 10.7. The van der Waals surface area contributed by atoms with E-state index in [1.165, 1.54) is 23.5 Å². The molecule has 0 unspecified atom stereocenters. The average molecular weight is 293 g/mol. The number of nitro groups is 1. The van der Waals surface area contributed by atoms with Crippen LogP contribution in [0.2, 0.25) is 5.02 Å². The molecule has 1 aromatic carbocycles. The number of thiophene rings is 1. The van der Waals surface area contributed by atoms with Crippen LogP contribution in [0.15, 0.2) is 22.0 Å². The summed E-state index contributed by atoms with van der Waals surface area (Å²) in [7, 11) is 0. The van der Waals surface area contributed by atoms with Crippen molar-refractivity contribution in [3.63, 3.8) is 0 Å². The van der Waals surface area contributed by atoms with Gasteiger partial charge in [-0.15, -0.1) is 11.3 Å². The van der Waals surface area contributed by atoms with Gasteiger partial charge in [-0.2, -0.15) is 0 Å². The van der Waals surface area contributed by atoms with Crippen LogP contribution >= 0.6 is 38.9 Å². The van der Waals surface area contributed by atoms with E-state index >= 15 is 0 Å². The number of rotatable bonds is 1. The Bertz CT molecular complexity index is 525. The van der Waals surface area contributed by atoms with Crippen LogP contribution in [0.4, 0.5) is 5.69 Å². The summed E-state index contributed by atoms with van der Waals surface area (Å²) in [6.07, 6.45) is 0. The fourth-order valence-corrected chi connectivity index (χ4v) is 3.04. The molecule has 0 saturated carbocycles. The highest BCUT2D eigenvalue weighted by Gasteiger charge is 2.13. The third kappa shape index (κ3) is 1.51. The summed E-state index contributed by atoms with van der Waals surface area (Å²) in [4.78, 5) is 10.1. The van der Waals surface area contributed by atoms with Gasteiger partial charge in [-0.05, 0) is 15.9 Å². The molecule has 0 aliphatic rings. The molecular weight excluding hydrogens is 290 g/mol. The first-order valence-corrected chi connectivity index (χ1v) is 5.65. The minimum absolute atomic E-state index is 0.0460. The predicted octanol–water partition coefficient (Wildman–Crippen LogP) is 4.23. The van der Waals surface area contributed by atoms with Crippen LogP contribution in [0.5, 0.6) is 0 Å². The molecule has 2 aromatic rings. The third-order valence-electron chi connectivity index (χ3n) is 1.78. The zero-order valence-corrected chi connectivity index (χ0v) is 9.82. The first-order chi connectivity index (χ1) is 6.59. The molecule has 6 heteroatoms. The Balaban J connectivity index is 2.82. The second-order valence-corrected chi connectivity index (χ2v) is 4.79. The Hall–Kier alpha value is -0.650. The third-order valence-corrected chi connectivity index (χ3v) is 4.14. The van der Waals surface area contributed by atoms with Crippen molar-refractivity contribution in [3.8, 4) is 0 Å². The molecule has 72 valence electrons. The molecule has 0 spiro atoms. The van der Waals surface area contributed by atoms with Crippen LogP contribution < -0.4 is 0 Å². The summed E-state index contributed by atoms with van der Waals surface area (Å²) in [6.45, 7) is 0.